The number of rotatable bonds is 6. The van der Waals surface area contributed by atoms with Crippen molar-refractivity contribution in [2.45, 2.75) is 45.0 Å². The lowest BCUT2D eigenvalue weighted by atomic mass is 9.92. The lowest BCUT2D eigenvalue weighted by molar-refractivity contribution is -0.133. The highest BCUT2D eigenvalue weighted by molar-refractivity contribution is 7.12. The monoisotopic (exact) mass is 454 g/mol. The van der Waals surface area contributed by atoms with Crippen molar-refractivity contribution in [2.24, 2.45) is 0 Å². The molecule has 2 aromatic rings. The number of morpholine rings is 1. The van der Waals surface area contributed by atoms with E-state index in [-0.39, 0.29) is 23.9 Å². The molecule has 0 unspecified atom stereocenters. The van der Waals surface area contributed by atoms with Gasteiger partial charge in [-0.25, -0.2) is 0 Å². The molecule has 3 heterocycles. The zero-order chi connectivity index (χ0) is 22.1. The summed E-state index contributed by atoms with van der Waals surface area (Å²) >= 11 is 1.56. The van der Waals surface area contributed by atoms with E-state index < -0.39 is 6.04 Å². The Balaban J connectivity index is 1.16. The topological polar surface area (TPSA) is 76.2 Å². The Morgan fingerprint density at radius 2 is 1.88 bits per heavy atom. The first-order valence-corrected chi connectivity index (χ1v) is 11.9. The summed E-state index contributed by atoms with van der Waals surface area (Å²) in [6, 6.07) is 9.57. The third-order valence-electron chi connectivity index (χ3n) is 6.30. The number of fused-ring (bicyclic) bond motifs is 1. The van der Waals surface area contributed by atoms with Crippen LogP contribution in [0.4, 0.5) is 0 Å². The highest BCUT2D eigenvalue weighted by Crippen LogP contribution is 2.34. The van der Waals surface area contributed by atoms with E-state index in [9.17, 15) is 14.4 Å². The van der Waals surface area contributed by atoms with Crippen LogP contribution in [0.3, 0.4) is 0 Å². The van der Waals surface area contributed by atoms with E-state index in [1.165, 1.54) is 5.56 Å². The zero-order valence-corrected chi connectivity index (χ0v) is 18.7. The van der Waals surface area contributed by atoms with E-state index in [4.69, 9.17) is 9.47 Å². The number of carbonyl (C=O) groups excluding carboxylic acids is 3. The van der Waals surface area contributed by atoms with Gasteiger partial charge in [0.15, 0.2) is 5.78 Å². The van der Waals surface area contributed by atoms with Crippen molar-refractivity contribution in [3.8, 4) is 5.75 Å². The molecule has 5 rings (SSSR count). The second kappa shape index (κ2) is 9.13. The Bertz CT molecular complexity index is 1030. The average Bonchev–Trinajstić information content (AvgIpc) is 3.33. The van der Waals surface area contributed by atoms with Gasteiger partial charge in [-0.2, -0.15) is 0 Å². The maximum atomic E-state index is 12.9. The molecule has 7 nitrogen and oxygen atoms in total. The molecule has 1 saturated carbocycles. The van der Waals surface area contributed by atoms with Gasteiger partial charge in [-0.3, -0.25) is 19.3 Å². The Labute approximate surface area is 190 Å². The molecule has 2 fully saturated rings. The fraction of sp³-hybridized carbons (Fsp3) is 0.458. The van der Waals surface area contributed by atoms with Gasteiger partial charge in [0.05, 0.1) is 37.8 Å². The van der Waals surface area contributed by atoms with E-state index in [1.54, 1.807) is 16.2 Å². The first-order chi connectivity index (χ1) is 15.6. The van der Waals surface area contributed by atoms with Crippen molar-refractivity contribution in [2.75, 3.05) is 26.3 Å². The van der Waals surface area contributed by atoms with Gasteiger partial charge in [0.25, 0.3) is 5.91 Å². The summed E-state index contributed by atoms with van der Waals surface area (Å²) in [7, 11) is 0. The molecule has 8 heteroatoms. The van der Waals surface area contributed by atoms with Gasteiger partial charge in [-0.1, -0.05) is 12.1 Å². The molecular formula is C24H26N2O5S. The molecule has 0 radical (unpaired) electrons. The van der Waals surface area contributed by atoms with Crippen LogP contribution in [0.25, 0.3) is 0 Å². The minimum Gasteiger partial charge on any atom is -0.488 e. The number of benzene rings is 1. The maximum absolute atomic E-state index is 12.9. The van der Waals surface area contributed by atoms with Crippen molar-refractivity contribution in [3.63, 3.8) is 0 Å². The summed E-state index contributed by atoms with van der Waals surface area (Å²) < 4.78 is 11.3. The van der Waals surface area contributed by atoms with Crippen LogP contribution >= 0.6 is 11.3 Å². The van der Waals surface area contributed by atoms with Crippen molar-refractivity contribution < 1.29 is 23.9 Å². The number of nitrogens with zero attached hydrogens (tertiary/aromatic N) is 2. The van der Waals surface area contributed by atoms with Crippen LogP contribution in [0.1, 0.15) is 44.9 Å². The smallest absolute Gasteiger partial charge is 0.256 e. The van der Waals surface area contributed by atoms with Crippen molar-refractivity contribution >= 4 is 28.8 Å². The number of hydrogen-bond acceptors (Lipinski definition) is 7. The summed E-state index contributed by atoms with van der Waals surface area (Å²) in [4.78, 5) is 42.5. The van der Waals surface area contributed by atoms with E-state index >= 15 is 0 Å². The van der Waals surface area contributed by atoms with Crippen LogP contribution in [0.5, 0.6) is 5.75 Å². The normalized spacial score (nSPS) is 21.8. The van der Waals surface area contributed by atoms with Crippen LogP contribution in [-0.2, 0) is 34.0 Å². The molecule has 1 amide bonds. The standard InChI is InChI=1S/C24H26N2O5S/c27-17-3-6-21(22(28)11-17)26-14-23-20(24(26)29)12-19(32-23)15-31-18-4-1-16(2-5-18)13-25-7-9-30-10-8-25/h1-2,4-5,12,21H,3,6-11,13-15H2/t21-/m0/s1. The largest absolute Gasteiger partial charge is 0.488 e. The highest BCUT2D eigenvalue weighted by Gasteiger charge is 2.39. The second-order valence-electron chi connectivity index (χ2n) is 8.54. The second-order valence-corrected chi connectivity index (χ2v) is 9.76. The van der Waals surface area contributed by atoms with E-state index in [2.05, 4.69) is 17.0 Å². The number of Topliss-reactive ketones (excluding diaryl/α,β-unsaturated/α-hetero) is 2. The lowest BCUT2D eigenvalue weighted by Gasteiger charge is -2.29. The first kappa shape index (κ1) is 21.3. The first-order valence-electron chi connectivity index (χ1n) is 11.1. The van der Waals surface area contributed by atoms with Gasteiger partial charge < -0.3 is 14.4 Å². The van der Waals surface area contributed by atoms with Crippen LogP contribution in [-0.4, -0.2) is 59.6 Å². The predicted octanol–water partition coefficient (Wildman–Crippen LogP) is 2.81. The Morgan fingerprint density at radius 1 is 1.09 bits per heavy atom. The van der Waals surface area contributed by atoms with Gasteiger partial charge in [0, 0.05) is 35.8 Å². The van der Waals surface area contributed by atoms with E-state index in [1.807, 2.05) is 18.2 Å². The number of ether oxygens (including phenoxy) is 2. The molecule has 1 aromatic heterocycles. The minimum atomic E-state index is -0.463. The molecule has 0 N–H and O–H groups in total. The third kappa shape index (κ3) is 4.48. The number of ketones is 2. The third-order valence-corrected chi connectivity index (χ3v) is 7.39. The summed E-state index contributed by atoms with van der Waals surface area (Å²) in [5.41, 5.74) is 1.91. The molecule has 0 spiro atoms. The van der Waals surface area contributed by atoms with E-state index in [0.717, 1.165) is 48.4 Å². The van der Waals surface area contributed by atoms with Crippen molar-refractivity contribution in [1.82, 2.24) is 9.80 Å². The summed E-state index contributed by atoms with van der Waals surface area (Å²) in [6.07, 6.45) is 0.764. The Hall–Kier alpha value is -2.55. The number of carbonyl (C=O) groups is 3. The van der Waals surface area contributed by atoms with Crippen LogP contribution in [0, 0.1) is 0 Å². The van der Waals surface area contributed by atoms with Gasteiger partial charge in [-0.05, 0) is 30.2 Å². The highest BCUT2D eigenvalue weighted by atomic mass is 32.1. The van der Waals surface area contributed by atoms with Gasteiger partial charge in [-0.15, -0.1) is 11.3 Å². The molecule has 3 aliphatic rings. The number of thiophene rings is 1. The van der Waals surface area contributed by atoms with Gasteiger partial charge >= 0.3 is 0 Å². The molecule has 1 aliphatic carbocycles. The summed E-state index contributed by atoms with van der Waals surface area (Å²) in [6.45, 7) is 5.28. The number of amides is 1. The SMILES string of the molecule is O=C1CC[C@H](N2Cc3sc(COc4ccc(CN5CCOCC5)cc4)cc3C2=O)C(=O)C1. The molecular weight excluding hydrogens is 428 g/mol. The average molecular weight is 455 g/mol. The quantitative estimate of drug-likeness (QED) is 0.625. The summed E-state index contributed by atoms with van der Waals surface area (Å²) in [5, 5.41) is 0. The van der Waals surface area contributed by atoms with Gasteiger partial charge in [0.1, 0.15) is 18.1 Å². The fourth-order valence-corrected chi connectivity index (χ4v) is 5.61. The van der Waals surface area contributed by atoms with Crippen molar-refractivity contribution in [1.29, 1.82) is 0 Å². The minimum absolute atomic E-state index is 0.0266. The zero-order valence-electron chi connectivity index (χ0n) is 17.9. The molecule has 1 aromatic carbocycles. The molecule has 1 saturated heterocycles. The molecule has 0 bridgehead atoms. The summed E-state index contributed by atoms with van der Waals surface area (Å²) in [5.74, 6) is 0.531. The Morgan fingerprint density at radius 3 is 2.59 bits per heavy atom. The van der Waals surface area contributed by atoms with Gasteiger partial charge in [0.2, 0.25) is 0 Å². The van der Waals surface area contributed by atoms with Crippen LogP contribution in [0.15, 0.2) is 30.3 Å². The fourth-order valence-electron chi connectivity index (χ4n) is 4.54. The predicted molar refractivity (Wildman–Crippen MR) is 119 cm³/mol. The lowest BCUT2D eigenvalue weighted by Crippen LogP contribution is -2.44. The maximum Gasteiger partial charge on any atom is 0.256 e. The van der Waals surface area contributed by atoms with Crippen molar-refractivity contribution in [3.05, 3.63) is 51.2 Å². The molecule has 1 atom stereocenters. The number of hydrogen-bond donors (Lipinski definition) is 0. The van der Waals surface area contributed by atoms with Crippen LogP contribution < -0.4 is 4.74 Å². The molecule has 2 aliphatic heterocycles. The van der Waals surface area contributed by atoms with E-state index in [0.29, 0.717) is 31.6 Å². The molecule has 168 valence electrons. The van der Waals surface area contributed by atoms with Crippen LogP contribution in [0.2, 0.25) is 0 Å². The molecule has 32 heavy (non-hydrogen) atoms. The Kier molecular flexibility index (Phi) is 6.08.